The molecule has 44 heavy (non-hydrogen) atoms. The van der Waals surface area contributed by atoms with E-state index in [1.165, 1.54) is 47.3 Å². The number of thioether (sulfide) groups is 2. The highest BCUT2D eigenvalue weighted by molar-refractivity contribution is 7.99. The first-order valence-electron chi connectivity index (χ1n) is 13.3. The van der Waals surface area contributed by atoms with Gasteiger partial charge in [-0.1, -0.05) is 53.7 Å². The number of aliphatic hydroxyl groups excluding tert-OH is 2. The average molecular weight is 670 g/mol. The molecule has 4 aromatic rings. The van der Waals surface area contributed by atoms with Crippen molar-refractivity contribution in [1.82, 2.24) is 15.0 Å². The first-order valence-corrected chi connectivity index (χ1v) is 16.3. The summed E-state index contributed by atoms with van der Waals surface area (Å²) in [7, 11) is 1.54. The summed E-state index contributed by atoms with van der Waals surface area (Å²) in [5.74, 6) is 0.463. The molecule has 0 amide bonds. The van der Waals surface area contributed by atoms with E-state index in [4.69, 9.17) is 32.9 Å². The maximum absolute atomic E-state index is 9.28. The van der Waals surface area contributed by atoms with Crippen LogP contribution in [0.1, 0.15) is 44.9 Å². The second kappa shape index (κ2) is 18.5. The molecule has 0 aliphatic rings. The number of hydrogen-bond donors (Lipinski definition) is 4. The second-order valence-electron chi connectivity index (χ2n) is 9.34. The standard InChI is InChI=1S/C17H19N3O2S.C13H13ClN4OS2/c1-22-17-8-16(13(9-18)10-20-17)23-15(7-14(19)11-21)12-5-3-2-4-6-12;14-9-1-8(3-15)13(18-4-9)21-11(2-10(16)6-19)12-5-17-7-20-12/h2-6,8,10,14-15,21H,7,11,19H2,1H3;1,4-5,7,10-11,19H,2,6,16H2. The number of rotatable bonds is 13. The molecule has 0 saturated carbocycles. The van der Waals surface area contributed by atoms with Crippen molar-refractivity contribution in [2.24, 2.45) is 11.5 Å². The van der Waals surface area contributed by atoms with Crippen molar-refractivity contribution < 1.29 is 14.9 Å². The summed E-state index contributed by atoms with van der Waals surface area (Å²) in [5, 5.41) is 37.9. The van der Waals surface area contributed by atoms with Crippen LogP contribution in [0, 0.1) is 22.7 Å². The summed E-state index contributed by atoms with van der Waals surface area (Å²) in [6.07, 6.45) is 5.96. The van der Waals surface area contributed by atoms with E-state index in [-0.39, 0.29) is 35.8 Å². The highest BCUT2D eigenvalue weighted by Crippen LogP contribution is 2.41. The van der Waals surface area contributed by atoms with Gasteiger partial charge in [-0.2, -0.15) is 10.5 Å². The van der Waals surface area contributed by atoms with Crippen LogP contribution in [0.3, 0.4) is 0 Å². The fourth-order valence-corrected chi connectivity index (χ4v) is 7.38. The van der Waals surface area contributed by atoms with E-state index in [2.05, 4.69) is 27.1 Å². The minimum Gasteiger partial charge on any atom is -0.481 e. The SMILES string of the molecule is COc1cc(SC(CC(N)CO)c2ccccc2)c(C#N)cn1.N#Cc1cc(Cl)cnc1SC(CC(N)CO)c1cncs1. The number of benzene rings is 1. The zero-order chi connectivity index (χ0) is 31.9. The third-order valence-electron chi connectivity index (χ3n) is 6.07. The molecule has 3 aromatic heterocycles. The third-order valence-corrected chi connectivity index (χ3v) is 9.94. The molecular formula is C30H32ClN7O3S3. The van der Waals surface area contributed by atoms with Gasteiger partial charge in [0.25, 0.3) is 0 Å². The van der Waals surface area contributed by atoms with E-state index in [9.17, 15) is 15.6 Å². The van der Waals surface area contributed by atoms with Gasteiger partial charge in [-0.25, -0.2) is 9.97 Å². The molecule has 0 bridgehead atoms. The van der Waals surface area contributed by atoms with E-state index in [0.29, 0.717) is 39.9 Å². The maximum atomic E-state index is 9.28. The van der Waals surface area contributed by atoms with Gasteiger partial charge in [0.2, 0.25) is 5.88 Å². The summed E-state index contributed by atoms with van der Waals surface area (Å²) in [5.41, 5.74) is 15.5. The Bertz CT molecular complexity index is 1540. The van der Waals surface area contributed by atoms with E-state index in [1.54, 1.807) is 30.9 Å². The molecule has 230 valence electrons. The number of methoxy groups -OCH3 is 1. The number of hydrogen-bond acceptors (Lipinski definition) is 13. The molecule has 1 aromatic carbocycles. The van der Waals surface area contributed by atoms with Crippen LogP contribution in [0.5, 0.6) is 5.88 Å². The van der Waals surface area contributed by atoms with Crippen molar-refractivity contribution in [3.63, 3.8) is 0 Å². The third kappa shape index (κ3) is 10.7. The average Bonchev–Trinajstić information content (AvgIpc) is 3.60. The predicted molar refractivity (Wildman–Crippen MR) is 175 cm³/mol. The molecule has 4 atom stereocenters. The number of aromatic nitrogens is 3. The smallest absolute Gasteiger partial charge is 0.214 e. The van der Waals surface area contributed by atoms with Crippen LogP contribution in [0.15, 0.2) is 76.5 Å². The Labute approximate surface area is 274 Å². The van der Waals surface area contributed by atoms with Crippen LogP contribution in [-0.4, -0.2) is 57.6 Å². The van der Waals surface area contributed by atoms with Crippen molar-refractivity contribution in [2.75, 3.05) is 20.3 Å². The second-order valence-corrected chi connectivity index (χ2v) is 13.1. The molecule has 0 aliphatic carbocycles. The minimum atomic E-state index is -0.331. The van der Waals surface area contributed by atoms with Crippen molar-refractivity contribution in [1.29, 1.82) is 10.5 Å². The van der Waals surface area contributed by atoms with Gasteiger partial charge in [0.05, 0.1) is 42.0 Å². The Balaban J connectivity index is 0.000000241. The first-order chi connectivity index (χ1) is 21.3. The van der Waals surface area contributed by atoms with Crippen LogP contribution in [0.2, 0.25) is 5.02 Å². The molecule has 4 rings (SSSR count). The summed E-state index contributed by atoms with van der Waals surface area (Å²) >= 11 is 10.3. The van der Waals surface area contributed by atoms with Crippen LogP contribution in [-0.2, 0) is 0 Å². The Hall–Kier alpha value is -3.24. The van der Waals surface area contributed by atoms with Gasteiger partial charge in [0, 0.05) is 57.0 Å². The number of ether oxygens (including phenoxy) is 1. The molecule has 0 aliphatic heterocycles. The van der Waals surface area contributed by atoms with Crippen LogP contribution < -0.4 is 16.2 Å². The lowest BCUT2D eigenvalue weighted by atomic mass is 10.1. The summed E-state index contributed by atoms with van der Waals surface area (Å²) in [6.45, 7) is -0.163. The first kappa shape index (κ1) is 35.2. The number of aliphatic hydroxyl groups is 2. The van der Waals surface area contributed by atoms with Gasteiger partial charge in [-0.15, -0.1) is 23.1 Å². The molecule has 0 saturated heterocycles. The molecule has 0 spiro atoms. The summed E-state index contributed by atoms with van der Waals surface area (Å²) in [6, 6.07) is 16.9. The number of nitrogens with two attached hydrogens (primary N) is 2. The van der Waals surface area contributed by atoms with Gasteiger partial charge < -0.3 is 26.4 Å². The van der Waals surface area contributed by atoms with Gasteiger partial charge in [0.15, 0.2) is 0 Å². The highest BCUT2D eigenvalue weighted by atomic mass is 35.5. The lowest BCUT2D eigenvalue weighted by Gasteiger charge is -2.20. The monoisotopic (exact) mass is 669 g/mol. The zero-order valence-electron chi connectivity index (χ0n) is 23.8. The number of thiazole rings is 1. The van der Waals surface area contributed by atoms with Gasteiger partial charge >= 0.3 is 0 Å². The Morgan fingerprint density at radius 3 is 2.20 bits per heavy atom. The van der Waals surface area contributed by atoms with Crippen LogP contribution in [0.4, 0.5) is 0 Å². The molecule has 6 N–H and O–H groups in total. The molecule has 4 unspecified atom stereocenters. The molecule has 0 radical (unpaired) electrons. The quantitative estimate of drug-likeness (QED) is 0.138. The van der Waals surface area contributed by atoms with E-state index in [1.807, 2.05) is 30.3 Å². The maximum Gasteiger partial charge on any atom is 0.214 e. The molecule has 14 heteroatoms. The summed E-state index contributed by atoms with van der Waals surface area (Å²) in [4.78, 5) is 14.2. The van der Waals surface area contributed by atoms with Crippen molar-refractivity contribution in [3.8, 4) is 18.0 Å². The Kier molecular flexibility index (Phi) is 14.9. The van der Waals surface area contributed by atoms with Gasteiger partial charge in [-0.05, 0) is 24.5 Å². The number of halogens is 1. The van der Waals surface area contributed by atoms with Crippen molar-refractivity contribution in [2.45, 2.75) is 45.3 Å². The van der Waals surface area contributed by atoms with Crippen molar-refractivity contribution in [3.05, 3.63) is 93.2 Å². The highest BCUT2D eigenvalue weighted by Gasteiger charge is 2.21. The normalized spacial score (nSPS) is 13.4. The predicted octanol–water partition coefficient (Wildman–Crippen LogP) is 5.11. The Morgan fingerprint density at radius 1 is 0.932 bits per heavy atom. The molecular weight excluding hydrogens is 638 g/mol. The summed E-state index contributed by atoms with van der Waals surface area (Å²) < 4.78 is 5.15. The van der Waals surface area contributed by atoms with Crippen LogP contribution >= 0.6 is 46.5 Å². The van der Waals surface area contributed by atoms with Gasteiger partial charge in [-0.3, -0.25) is 4.98 Å². The molecule has 10 nitrogen and oxygen atoms in total. The number of pyridine rings is 2. The van der Waals surface area contributed by atoms with E-state index in [0.717, 1.165) is 15.3 Å². The molecule has 3 heterocycles. The number of nitriles is 2. The largest absolute Gasteiger partial charge is 0.481 e. The lowest BCUT2D eigenvalue weighted by molar-refractivity contribution is 0.259. The Morgan fingerprint density at radius 2 is 1.61 bits per heavy atom. The minimum absolute atomic E-state index is 0.0135. The lowest BCUT2D eigenvalue weighted by Crippen LogP contribution is -2.26. The van der Waals surface area contributed by atoms with Crippen molar-refractivity contribution >= 4 is 46.5 Å². The van der Waals surface area contributed by atoms with E-state index < -0.39 is 0 Å². The van der Waals surface area contributed by atoms with Crippen LogP contribution in [0.25, 0.3) is 0 Å². The fraction of sp³-hybridized carbons (Fsp3) is 0.300. The van der Waals surface area contributed by atoms with E-state index >= 15 is 0 Å². The number of nitrogens with zero attached hydrogens (tertiary/aromatic N) is 5. The zero-order valence-corrected chi connectivity index (χ0v) is 27.0. The molecule has 0 fully saturated rings. The van der Waals surface area contributed by atoms with Gasteiger partial charge in [0.1, 0.15) is 17.2 Å². The topological polar surface area (TPSA) is 188 Å². The fourth-order valence-electron chi connectivity index (χ4n) is 3.83.